The lowest BCUT2D eigenvalue weighted by molar-refractivity contribution is -0.133. The number of aromatic amines is 1. The van der Waals surface area contributed by atoms with E-state index in [1.54, 1.807) is 31.5 Å². The Hall–Kier alpha value is -3.02. The molecule has 0 aliphatic heterocycles. The lowest BCUT2D eigenvalue weighted by Gasteiger charge is -2.15. The predicted molar refractivity (Wildman–Crippen MR) is 100 cm³/mol. The molecule has 0 spiro atoms. The molecule has 1 aliphatic rings. The summed E-state index contributed by atoms with van der Waals surface area (Å²) in [5.41, 5.74) is 4.10. The minimum absolute atomic E-state index is 0.278. The highest BCUT2D eigenvalue weighted by Gasteiger charge is 2.18. The maximum atomic E-state index is 12.4. The number of benzene rings is 1. The number of H-pyrrole nitrogens is 1. The monoisotopic (exact) mass is 366 g/mol. The van der Waals surface area contributed by atoms with Crippen molar-refractivity contribution in [3.63, 3.8) is 0 Å². The second kappa shape index (κ2) is 7.31. The van der Waals surface area contributed by atoms with Crippen molar-refractivity contribution in [3.8, 4) is 0 Å². The Kier molecular flexibility index (Phi) is 4.71. The maximum absolute atomic E-state index is 12.4. The standard InChI is InChI=1S/C21H22N2O4/c1-23(12-15-5-4-10-26-15)20(24)13-27-21(25)14-8-9-19-17(11-14)16-6-2-3-7-18(16)22-19/h4-5,8-11,22H,2-3,6-7,12-13H2,1H3. The molecule has 1 aliphatic carbocycles. The van der Waals surface area contributed by atoms with Crippen LogP contribution in [0.3, 0.4) is 0 Å². The molecule has 6 nitrogen and oxygen atoms in total. The Morgan fingerprint density at radius 1 is 1.22 bits per heavy atom. The van der Waals surface area contributed by atoms with Gasteiger partial charge in [0.15, 0.2) is 6.61 Å². The third-order valence-electron chi connectivity index (χ3n) is 5.06. The van der Waals surface area contributed by atoms with E-state index in [1.165, 1.54) is 29.0 Å². The quantitative estimate of drug-likeness (QED) is 0.702. The molecule has 6 heteroatoms. The first-order chi connectivity index (χ1) is 13.1. The number of carbonyl (C=O) groups excluding carboxylic acids is 2. The molecule has 0 atom stereocenters. The maximum Gasteiger partial charge on any atom is 0.338 e. The van der Waals surface area contributed by atoms with Crippen molar-refractivity contribution in [2.75, 3.05) is 13.7 Å². The molecular formula is C21H22N2O4. The number of nitrogens with zero attached hydrogens (tertiary/aromatic N) is 1. The van der Waals surface area contributed by atoms with E-state index in [1.807, 2.05) is 12.1 Å². The molecular weight excluding hydrogens is 344 g/mol. The van der Waals surface area contributed by atoms with E-state index in [-0.39, 0.29) is 12.5 Å². The molecule has 27 heavy (non-hydrogen) atoms. The number of rotatable bonds is 5. The van der Waals surface area contributed by atoms with Gasteiger partial charge in [-0.25, -0.2) is 4.79 Å². The number of aryl methyl sites for hydroxylation is 2. The van der Waals surface area contributed by atoms with Gasteiger partial charge in [-0.3, -0.25) is 4.79 Å². The minimum Gasteiger partial charge on any atom is -0.467 e. The summed E-state index contributed by atoms with van der Waals surface area (Å²) < 4.78 is 10.5. The summed E-state index contributed by atoms with van der Waals surface area (Å²) in [7, 11) is 1.65. The average Bonchev–Trinajstić information content (AvgIpc) is 3.32. The first kappa shape index (κ1) is 17.4. The third-order valence-corrected chi connectivity index (χ3v) is 5.06. The van der Waals surface area contributed by atoms with Crippen molar-refractivity contribution in [3.05, 3.63) is 59.2 Å². The van der Waals surface area contributed by atoms with Crippen molar-refractivity contribution in [2.24, 2.45) is 0 Å². The summed E-state index contributed by atoms with van der Waals surface area (Å²) in [5, 5.41) is 1.08. The Morgan fingerprint density at radius 2 is 2.07 bits per heavy atom. The molecule has 0 radical (unpaired) electrons. The number of fused-ring (bicyclic) bond motifs is 3. The molecule has 1 amide bonds. The fourth-order valence-electron chi connectivity index (χ4n) is 3.58. The van der Waals surface area contributed by atoms with Crippen LogP contribution in [0.15, 0.2) is 41.0 Å². The first-order valence-corrected chi connectivity index (χ1v) is 9.19. The second-order valence-electron chi connectivity index (χ2n) is 6.95. The zero-order valence-corrected chi connectivity index (χ0v) is 15.3. The first-order valence-electron chi connectivity index (χ1n) is 9.19. The van der Waals surface area contributed by atoms with E-state index in [2.05, 4.69) is 4.98 Å². The number of nitrogens with one attached hydrogen (secondary N) is 1. The van der Waals surface area contributed by atoms with Gasteiger partial charge in [0, 0.05) is 23.6 Å². The molecule has 2 aromatic heterocycles. The summed E-state index contributed by atoms with van der Waals surface area (Å²) in [6.45, 7) is 0.0458. The van der Waals surface area contributed by atoms with Gasteiger partial charge in [0.2, 0.25) is 0 Å². The minimum atomic E-state index is -0.484. The fourth-order valence-corrected chi connectivity index (χ4v) is 3.58. The zero-order valence-electron chi connectivity index (χ0n) is 15.3. The highest BCUT2D eigenvalue weighted by atomic mass is 16.5. The van der Waals surface area contributed by atoms with Gasteiger partial charge >= 0.3 is 5.97 Å². The molecule has 4 rings (SSSR count). The Balaban J connectivity index is 1.41. The van der Waals surface area contributed by atoms with Crippen molar-refractivity contribution >= 4 is 22.8 Å². The lowest BCUT2D eigenvalue weighted by atomic mass is 9.95. The number of ether oxygens (including phenoxy) is 1. The number of aromatic nitrogens is 1. The Morgan fingerprint density at radius 3 is 2.89 bits per heavy atom. The molecule has 1 N–H and O–H groups in total. The van der Waals surface area contributed by atoms with E-state index in [0.29, 0.717) is 17.9 Å². The van der Waals surface area contributed by atoms with Gasteiger partial charge < -0.3 is 19.0 Å². The van der Waals surface area contributed by atoms with Crippen LogP contribution in [0, 0.1) is 0 Å². The van der Waals surface area contributed by atoms with Crippen LogP contribution in [0.25, 0.3) is 10.9 Å². The van der Waals surface area contributed by atoms with Crippen molar-refractivity contribution in [1.29, 1.82) is 0 Å². The highest BCUT2D eigenvalue weighted by molar-refractivity contribution is 5.97. The van der Waals surface area contributed by atoms with Crippen LogP contribution in [0.4, 0.5) is 0 Å². The molecule has 3 aromatic rings. The van der Waals surface area contributed by atoms with E-state index in [0.717, 1.165) is 23.7 Å². The second-order valence-corrected chi connectivity index (χ2v) is 6.95. The number of amides is 1. The summed E-state index contributed by atoms with van der Waals surface area (Å²) in [6, 6.07) is 9.08. The molecule has 0 bridgehead atoms. The number of hydrogen-bond donors (Lipinski definition) is 1. The average molecular weight is 366 g/mol. The smallest absolute Gasteiger partial charge is 0.338 e. The van der Waals surface area contributed by atoms with Crippen LogP contribution >= 0.6 is 0 Å². The highest BCUT2D eigenvalue weighted by Crippen LogP contribution is 2.29. The normalized spacial score (nSPS) is 13.4. The summed E-state index contributed by atoms with van der Waals surface area (Å²) >= 11 is 0. The van der Waals surface area contributed by atoms with Gasteiger partial charge in [0.05, 0.1) is 18.4 Å². The summed E-state index contributed by atoms with van der Waals surface area (Å²) in [4.78, 5) is 29.5. The predicted octanol–water partition coefficient (Wildman–Crippen LogP) is 3.46. The number of esters is 1. The summed E-state index contributed by atoms with van der Waals surface area (Å²) in [6.07, 6.45) is 6.02. The van der Waals surface area contributed by atoms with Gasteiger partial charge in [-0.1, -0.05) is 0 Å². The number of likely N-dealkylation sites (N-methyl/N-ethyl adjacent to an activating group) is 1. The van der Waals surface area contributed by atoms with E-state index in [9.17, 15) is 9.59 Å². The molecule has 2 heterocycles. The number of carbonyl (C=O) groups is 2. The van der Waals surface area contributed by atoms with Crippen LogP contribution in [0.2, 0.25) is 0 Å². The van der Waals surface area contributed by atoms with Crippen molar-refractivity contribution in [2.45, 2.75) is 32.2 Å². The van der Waals surface area contributed by atoms with Gasteiger partial charge in [-0.2, -0.15) is 0 Å². The SMILES string of the molecule is CN(Cc1ccco1)C(=O)COC(=O)c1ccc2[nH]c3c(c2c1)CCCC3. The largest absolute Gasteiger partial charge is 0.467 e. The van der Waals surface area contributed by atoms with Gasteiger partial charge in [-0.05, 0) is 61.6 Å². The number of furan rings is 1. The Bertz CT molecular complexity index is 972. The molecule has 0 saturated carbocycles. The van der Waals surface area contributed by atoms with Gasteiger partial charge in [-0.15, -0.1) is 0 Å². The van der Waals surface area contributed by atoms with Crippen molar-refractivity contribution in [1.82, 2.24) is 9.88 Å². The van der Waals surface area contributed by atoms with E-state index in [4.69, 9.17) is 9.15 Å². The molecule has 140 valence electrons. The van der Waals surface area contributed by atoms with Gasteiger partial charge in [0.1, 0.15) is 5.76 Å². The topological polar surface area (TPSA) is 75.5 Å². The summed E-state index contributed by atoms with van der Waals surface area (Å²) in [5.74, 6) is -0.0814. The van der Waals surface area contributed by atoms with Crippen LogP contribution in [-0.2, 0) is 28.9 Å². The fraction of sp³-hybridized carbons (Fsp3) is 0.333. The molecule has 0 unspecified atom stereocenters. The van der Waals surface area contributed by atoms with Gasteiger partial charge in [0.25, 0.3) is 5.91 Å². The lowest BCUT2D eigenvalue weighted by Crippen LogP contribution is -2.30. The van der Waals surface area contributed by atoms with Crippen LogP contribution in [0.5, 0.6) is 0 Å². The Labute approximate surface area is 157 Å². The zero-order chi connectivity index (χ0) is 18.8. The molecule has 1 aromatic carbocycles. The third kappa shape index (κ3) is 3.60. The molecule has 0 fully saturated rings. The van der Waals surface area contributed by atoms with Crippen LogP contribution in [0.1, 0.15) is 40.2 Å². The van der Waals surface area contributed by atoms with E-state index < -0.39 is 5.97 Å². The van der Waals surface area contributed by atoms with Crippen LogP contribution in [-0.4, -0.2) is 35.4 Å². The number of hydrogen-bond acceptors (Lipinski definition) is 4. The van der Waals surface area contributed by atoms with Crippen LogP contribution < -0.4 is 0 Å². The van der Waals surface area contributed by atoms with E-state index >= 15 is 0 Å². The molecule has 0 saturated heterocycles. The van der Waals surface area contributed by atoms with Crippen molar-refractivity contribution < 1.29 is 18.7 Å².